The first-order valence-corrected chi connectivity index (χ1v) is 5.51. The molecule has 0 spiro atoms. The zero-order valence-electron chi connectivity index (χ0n) is 8.70. The monoisotopic (exact) mass is 197 g/mol. The van der Waals surface area contributed by atoms with Crippen LogP contribution in [0.1, 0.15) is 26.2 Å². The van der Waals surface area contributed by atoms with E-state index in [-0.39, 0.29) is 18.1 Å². The number of fused-ring (bicyclic) bond motifs is 3. The van der Waals surface area contributed by atoms with Crippen LogP contribution >= 0.6 is 0 Å². The largest absolute Gasteiger partial charge is 0.350 e. The molecule has 3 saturated heterocycles. The summed E-state index contributed by atoms with van der Waals surface area (Å²) in [6.45, 7) is 4.08. The Morgan fingerprint density at radius 3 is 2.64 bits per heavy atom. The van der Waals surface area contributed by atoms with E-state index in [0.29, 0.717) is 12.3 Å². The van der Waals surface area contributed by atoms with Gasteiger partial charge in [-0.1, -0.05) is 6.92 Å². The molecular formula is C10H19N3O. The molecule has 80 valence electrons. The topological polar surface area (TPSA) is 58.4 Å². The summed E-state index contributed by atoms with van der Waals surface area (Å²) in [5.41, 5.74) is 6.08. The molecule has 2 atom stereocenters. The van der Waals surface area contributed by atoms with E-state index in [1.807, 2.05) is 6.92 Å². The lowest BCUT2D eigenvalue weighted by molar-refractivity contribution is -0.123. The number of nitrogens with two attached hydrogens (primary N) is 1. The van der Waals surface area contributed by atoms with Crippen molar-refractivity contribution >= 4 is 5.91 Å². The van der Waals surface area contributed by atoms with Gasteiger partial charge in [-0.2, -0.15) is 0 Å². The zero-order chi connectivity index (χ0) is 10.1. The minimum Gasteiger partial charge on any atom is -0.350 e. The lowest BCUT2D eigenvalue weighted by Gasteiger charge is -2.49. The highest BCUT2D eigenvalue weighted by Gasteiger charge is 2.40. The van der Waals surface area contributed by atoms with E-state index in [4.69, 9.17) is 5.73 Å². The Morgan fingerprint density at radius 1 is 1.50 bits per heavy atom. The maximum Gasteiger partial charge on any atom is 0.220 e. The number of nitrogens with zero attached hydrogens (tertiary/aromatic N) is 1. The van der Waals surface area contributed by atoms with Gasteiger partial charge < -0.3 is 11.1 Å². The van der Waals surface area contributed by atoms with E-state index in [2.05, 4.69) is 10.2 Å². The number of piperidine rings is 3. The highest BCUT2D eigenvalue weighted by Crippen LogP contribution is 2.30. The van der Waals surface area contributed by atoms with Crippen molar-refractivity contribution in [2.75, 3.05) is 13.1 Å². The first-order valence-electron chi connectivity index (χ1n) is 5.51. The summed E-state index contributed by atoms with van der Waals surface area (Å²) in [6, 6.07) is 0.185. The van der Waals surface area contributed by atoms with Gasteiger partial charge in [0.2, 0.25) is 5.91 Å². The SMILES string of the molecule is CCC(=O)NC1C2CCN(CC2)C1N. The summed E-state index contributed by atoms with van der Waals surface area (Å²) in [4.78, 5) is 13.6. The van der Waals surface area contributed by atoms with Crippen LogP contribution in [0.25, 0.3) is 0 Å². The van der Waals surface area contributed by atoms with Crippen LogP contribution in [0.15, 0.2) is 0 Å². The molecule has 0 aromatic carbocycles. The summed E-state index contributed by atoms with van der Waals surface area (Å²) in [5, 5.41) is 3.04. The molecule has 0 aliphatic carbocycles. The van der Waals surface area contributed by atoms with E-state index in [1.54, 1.807) is 0 Å². The van der Waals surface area contributed by atoms with Gasteiger partial charge >= 0.3 is 0 Å². The maximum atomic E-state index is 11.3. The quantitative estimate of drug-likeness (QED) is 0.649. The number of carbonyl (C=O) groups is 1. The Hall–Kier alpha value is -0.610. The number of rotatable bonds is 2. The Bertz CT molecular complexity index is 221. The molecule has 4 nitrogen and oxygen atoms in total. The molecule has 0 radical (unpaired) electrons. The average molecular weight is 197 g/mol. The van der Waals surface area contributed by atoms with E-state index in [0.717, 1.165) is 13.1 Å². The van der Waals surface area contributed by atoms with Gasteiger partial charge in [-0.05, 0) is 18.8 Å². The van der Waals surface area contributed by atoms with Gasteiger partial charge in [0, 0.05) is 19.5 Å². The fourth-order valence-electron chi connectivity index (χ4n) is 2.57. The molecule has 3 aliphatic rings. The van der Waals surface area contributed by atoms with Crippen molar-refractivity contribution in [2.24, 2.45) is 11.7 Å². The molecule has 3 N–H and O–H groups in total. The molecule has 2 bridgehead atoms. The molecule has 4 heteroatoms. The third kappa shape index (κ3) is 1.64. The summed E-state index contributed by atoms with van der Waals surface area (Å²) < 4.78 is 0. The van der Waals surface area contributed by atoms with Crippen LogP contribution in [0.4, 0.5) is 0 Å². The van der Waals surface area contributed by atoms with Crippen LogP contribution in [0.5, 0.6) is 0 Å². The molecule has 0 aromatic rings. The molecule has 0 aromatic heterocycles. The van der Waals surface area contributed by atoms with Crippen LogP contribution in [0, 0.1) is 5.92 Å². The van der Waals surface area contributed by atoms with Gasteiger partial charge in [0.25, 0.3) is 0 Å². The number of carbonyl (C=O) groups excluding carboxylic acids is 1. The van der Waals surface area contributed by atoms with Gasteiger partial charge in [0.1, 0.15) is 0 Å². The second kappa shape index (κ2) is 3.87. The molecule has 2 unspecified atom stereocenters. The standard InChI is InChI=1S/C10H19N3O/c1-2-8(14)12-9-7-3-5-13(6-4-7)10(9)11/h7,9-10H,2-6,11H2,1H3,(H,12,14). The van der Waals surface area contributed by atoms with Crippen LogP contribution < -0.4 is 11.1 Å². The molecule has 3 rings (SSSR count). The number of nitrogens with one attached hydrogen (secondary N) is 1. The molecule has 3 fully saturated rings. The van der Waals surface area contributed by atoms with Gasteiger partial charge in [-0.15, -0.1) is 0 Å². The first-order chi connectivity index (χ1) is 6.72. The van der Waals surface area contributed by atoms with Crippen molar-refractivity contribution < 1.29 is 4.79 Å². The van der Waals surface area contributed by atoms with Gasteiger partial charge in [-0.25, -0.2) is 0 Å². The lowest BCUT2D eigenvalue weighted by atomic mass is 9.82. The smallest absolute Gasteiger partial charge is 0.220 e. The van der Waals surface area contributed by atoms with Crippen LogP contribution in [-0.4, -0.2) is 36.1 Å². The van der Waals surface area contributed by atoms with Crippen molar-refractivity contribution in [1.29, 1.82) is 0 Å². The van der Waals surface area contributed by atoms with Crippen molar-refractivity contribution in [3.63, 3.8) is 0 Å². The second-order valence-corrected chi connectivity index (χ2v) is 4.31. The van der Waals surface area contributed by atoms with Gasteiger partial charge in [0.15, 0.2) is 0 Å². The van der Waals surface area contributed by atoms with Crippen LogP contribution in [-0.2, 0) is 4.79 Å². The first kappa shape index (κ1) is 9.93. The third-order valence-corrected chi connectivity index (χ3v) is 3.52. The Balaban J connectivity index is 2.00. The van der Waals surface area contributed by atoms with Gasteiger partial charge in [-0.3, -0.25) is 9.69 Å². The summed E-state index contributed by atoms with van der Waals surface area (Å²) >= 11 is 0. The van der Waals surface area contributed by atoms with Crippen molar-refractivity contribution in [1.82, 2.24) is 10.2 Å². The minimum absolute atomic E-state index is 0.0398. The summed E-state index contributed by atoms with van der Waals surface area (Å²) in [6.07, 6.45) is 2.96. The maximum absolute atomic E-state index is 11.3. The lowest BCUT2D eigenvalue weighted by Crippen LogP contribution is -2.66. The molecule has 14 heavy (non-hydrogen) atoms. The highest BCUT2D eigenvalue weighted by molar-refractivity contribution is 5.76. The van der Waals surface area contributed by atoms with Gasteiger partial charge in [0.05, 0.1) is 12.2 Å². The van der Waals surface area contributed by atoms with E-state index in [1.165, 1.54) is 12.8 Å². The fourth-order valence-corrected chi connectivity index (χ4v) is 2.57. The molecule has 0 saturated carbocycles. The second-order valence-electron chi connectivity index (χ2n) is 4.31. The van der Waals surface area contributed by atoms with Crippen molar-refractivity contribution in [3.8, 4) is 0 Å². The van der Waals surface area contributed by atoms with E-state index in [9.17, 15) is 4.79 Å². The number of hydrogen-bond donors (Lipinski definition) is 2. The highest BCUT2D eigenvalue weighted by atomic mass is 16.1. The molecule has 3 aliphatic heterocycles. The summed E-state index contributed by atoms with van der Waals surface area (Å²) in [7, 11) is 0. The minimum atomic E-state index is 0.0398. The predicted molar refractivity (Wildman–Crippen MR) is 54.5 cm³/mol. The van der Waals surface area contributed by atoms with Crippen molar-refractivity contribution in [2.45, 2.75) is 38.4 Å². The Morgan fingerprint density at radius 2 is 2.14 bits per heavy atom. The fraction of sp³-hybridized carbons (Fsp3) is 0.900. The number of hydrogen-bond acceptors (Lipinski definition) is 3. The molecule has 1 amide bonds. The van der Waals surface area contributed by atoms with E-state index < -0.39 is 0 Å². The molecule has 3 heterocycles. The van der Waals surface area contributed by atoms with E-state index >= 15 is 0 Å². The number of amides is 1. The zero-order valence-corrected chi connectivity index (χ0v) is 8.70. The normalized spacial score (nSPS) is 41.0. The summed E-state index contributed by atoms with van der Waals surface area (Å²) in [5.74, 6) is 0.727. The predicted octanol–water partition coefficient (Wildman–Crippen LogP) is -0.108. The Labute approximate surface area is 84.8 Å². The Kier molecular flexibility index (Phi) is 2.74. The van der Waals surface area contributed by atoms with Crippen LogP contribution in [0.2, 0.25) is 0 Å². The van der Waals surface area contributed by atoms with Crippen LogP contribution in [0.3, 0.4) is 0 Å². The average Bonchev–Trinajstić information content (AvgIpc) is 2.23. The van der Waals surface area contributed by atoms with Crippen molar-refractivity contribution in [3.05, 3.63) is 0 Å². The molecular weight excluding hydrogens is 178 g/mol. The third-order valence-electron chi connectivity index (χ3n) is 3.52.